The molecule has 2 heterocycles. The number of nitrogens with zero attached hydrogens (tertiary/aromatic N) is 4. The lowest BCUT2D eigenvalue weighted by Crippen LogP contribution is -2.52. The summed E-state index contributed by atoms with van der Waals surface area (Å²) in [5.74, 6) is 0.761. The second-order valence-corrected chi connectivity index (χ2v) is 10.3. The topological polar surface area (TPSA) is 103 Å². The molecule has 0 spiro atoms. The molecule has 0 aliphatic carbocycles. The van der Waals surface area contributed by atoms with E-state index in [9.17, 15) is 8.42 Å². The Balaban J connectivity index is 1.61. The number of guanidine groups is 1. The van der Waals surface area contributed by atoms with Gasteiger partial charge in [0, 0.05) is 57.9 Å². The minimum atomic E-state index is -3.62. The largest absolute Gasteiger partial charge is 0.364 e. The van der Waals surface area contributed by atoms with Gasteiger partial charge < -0.3 is 14.7 Å². The van der Waals surface area contributed by atoms with E-state index in [4.69, 9.17) is 4.52 Å². The fourth-order valence-corrected chi connectivity index (χ4v) is 5.20. The van der Waals surface area contributed by atoms with Crippen LogP contribution in [0.1, 0.15) is 32.0 Å². The van der Waals surface area contributed by atoms with Gasteiger partial charge in [0.15, 0.2) is 5.96 Å². The van der Waals surface area contributed by atoms with Crippen molar-refractivity contribution in [1.29, 1.82) is 0 Å². The van der Waals surface area contributed by atoms with Crippen molar-refractivity contribution in [3.8, 4) is 0 Å². The van der Waals surface area contributed by atoms with Gasteiger partial charge in [-0.1, -0.05) is 23.4 Å². The van der Waals surface area contributed by atoms with Gasteiger partial charge in [0.2, 0.25) is 10.0 Å². The van der Waals surface area contributed by atoms with Crippen LogP contribution in [-0.4, -0.2) is 68.1 Å². The Labute approximate surface area is 184 Å². The molecule has 9 nitrogen and oxygen atoms in total. The van der Waals surface area contributed by atoms with Crippen LogP contribution in [0.15, 0.2) is 51.0 Å². The second kappa shape index (κ2) is 9.80. The number of nitrogens with one attached hydrogen (secondary N) is 2. The molecule has 170 valence electrons. The van der Waals surface area contributed by atoms with E-state index >= 15 is 0 Å². The number of piperazine rings is 1. The van der Waals surface area contributed by atoms with Crippen molar-refractivity contribution in [2.75, 3.05) is 33.2 Å². The summed E-state index contributed by atoms with van der Waals surface area (Å²) in [5, 5.41) is 7.30. The number of sulfonamides is 1. The highest BCUT2D eigenvalue weighted by atomic mass is 32.2. The third-order valence-corrected chi connectivity index (χ3v) is 6.76. The summed E-state index contributed by atoms with van der Waals surface area (Å²) in [6.45, 7) is 10.0. The lowest BCUT2D eigenvalue weighted by atomic mass is 10.1. The molecule has 31 heavy (non-hydrogen) atoms. The first-order valence-corrected chi connectivity index (χ1v) is 11.9. The third-order valence-electron chi connectivity index (χ3n) is 4.90. The maximum Gasteiger partial charge on any atom is 0.241 e. The van der Waals surface area contributed by atoms with Crippen LogP contribution in [-0.2, 0) is 23.1 Å². The smallest absolute Gasteiger partial charge is 0.241 e. The van der Waals surface area contributed by atoms with Gasteiger partial charge in [-0.05, 0) is 32.4 Å². The molecule has 10 heteroatoms. The van der Waals surface area contributed by atoms with E-state index in [1.807, 2.05) is 39.0 Å². The average molecular weight is 449 g/mol. The van der Waals surface area contributed by atoms with Crippen LogP contribution in [0, 0.1) is 0 Å². The molecule has 0 amide bonds. The van der Waals surface area contributed by atoms with Crippen LogP contribution in [0.2, 0.25) is 0 Å². The molecule has 0 saturated carbocycles. The first-order chi connectivity index (χ1) is 14.7. The van der Waals surface area contributed by atoms with E-state index < -0.39 is 15.6 Å². The van der Waals surface area contributed by atoms with Crippen molar-refractivity contribution in [3.63, 3.8) is 0 Å². The number of aromatic nitrogens is 1. The predicted molar refractivity (Wildman–Crippen MR) is 120 cm³/mol. The fraction of sp³-hybridized carbons (Fsp3) is 0.524. The monoisotopic (exact) mass is 448 g/mol. The lowest BCUT2D eigenvalue weighted by Gasteiger charge is -2.36. The quantitative estimate of drug-likeness (QED) is 0.512. The van der Waals surface area contributed by atoms with E-state index in [-0.39, 0.29) is 4.90 Å². The van der Waals surface area contributed by atoms with Crippen LogP contribution in [0.3, 0.4) is 0 Å². The highest BCUT2D eigenvalue weighted by Gasteiger charge is 2.25. The van der Waals surface area contributed by atoms with Gasteiger partial charge in [0.25, 0.3) is 0 Å². The molecule has 2 aromatic rings. The molecule has 0 bridgehead atoms. The van der Waals surface area contributed by atoms with Crippen LogP contribution in [0.5, 0.6) is 0 Å². The zero-order valence-corrected chi connectivity index (χ0v) is 19.4. The second-order valence-electron chi connectivity index (χ2n) is 8.62. The third kappa shape index (κ3) is 6.52. The predicted octanol–water partition coefficient (Wildman–Crippen LogP) is 1.64. The molecule has 0 radical (unpaired) electrons. The summed E-state index contributed by atoms with van der Waals surface area (Å²) in [6, 6.07) is 8.93. The molecular weight excluding hydrogens is 416 g/mol. The molecule has 1 aromatic heterocycles. The van der Waals surface area contributed by atoms with Gasteiger partial charge in [-0.3, -0.25) is 9.89 Å². The summed E-state index contributed by atoms with van der Waals surface area (Å²) in [6.07, 6.45) is 1.59. The van der Waals surface area contributed by atoms with Crippen LogP contribution in [0.25, 0.3) is 0 Å². The molecule has 0 unspecified atom stereocenters. The first kappa shape index (κ1) is 23.2. The standard InChI is InChI=1S/C21H32N6O3S/c1-21(2,3)25-31(28,29)19-8-6-5-7-17(19)15-23-20(22-4)27-12-10-26(11-13-27)16-18-9-14-30-24-18/h5-9,14,25H,10-13,15-16H2,1-4H3,(H,22,23). The lowest BCUT2D eigenvalue weighted by molar-refractivity contribution is 0.169. The van der Waals surface area contributed by atoms with E-state index in [2.05, 4.69) is 30.0 Å². The molecule has 1 aliphatic heterocycles. The number of hydrogen-bond donors (Lipinski definition) is 2. The summed E-state index contributed by atoms with van der Waals surface area (Å²) >= 11 is 0. The number of hydrogen-bond acceptors (Lipinski definition) is 6. The Morgan fingerprint density at radius 1 is 1.16 bits per heavy atom. The summed E-state index contributed by atoms with van der Waals surface area (Å²) in [7, 11) is -1.88. The van der Waals surface area contributed by atoms with Gasteiger partial charge in [0.05, 0.1) is 10.6 Å². The first-order valence-electron chi connectivity index (χ1n) is 10.4. The highest BCUT2D eigenvalue weighted by Crippen LogP contribution is 2.18. The molecule has 1 aliphatic rings. The maximum absolute atomic E-state index is 12.9. The zero-order chi connectivity index (χ0) is 22.5. The van der Waals surface area contributed by atoms with Crippen molar-refractivity contribution in [2.24, 2.45) is 4.99 Å². The van der Waals surface area contributed by atoms with Crippen molar-refractivity contribution >= 4 is 16.0 Å². The van der Waals surface area contributed by atoms with E-state index in [1.165, 1.54) is 0 Å². The number of benzene rings is 1. The molecule has 1 saturated heterocycles. The summed E-state index contributed by atoms with van der Waals surface area (Å²) in [4.78, 5) is 9.19. The average Bonchev–Trinajstić information content (AvgIpc) is 3.21. The Morgan fingerprint density at radius 2 is 1.87 bits per heavy atom. The Kier molecular flexibility index (Phi) is 7.34. The molecule has 3 rings (SSSR count). The molecule has 1 fully saturated rings. The Morgan fingerprint density at radius 3 is 2.48 bits per heavy atom. The number of rotatable bonds is 6. The molecule has 2 N–H and O–H groups in total. The van der Waals surface area contributed by atoms with Gasteiger partial charge in [0.1, 0.15) is 6.26 Å². The minimum Gasteiger partial charge on any atom is -0.364 e. The van der Waals surface area contributed by atoms with Crippen LogP contribution >= 0.6 is 0 Å². The van der Waals surface area contributed by atoms with E-state index in [0.717, 1.165) is 44.4 Å². The van der Waals surface area contributed by atoms with Gasteiger partial charge >= 0.3 is 0 Å². The molecule has 0 atom stereocenters. The summed E-state index contributed by atoms with van der Waals surface area (Å²) in [5.41, 5.74) is 1.07. The van der Waals surface area contributed by atoms with Crippen molar-refractivity contribution < 1.29 is 12.9 Å². The Bertz CT molecular complexity index is 975. The van der Waals surface area contributed by atoms with Crippen molar-refractivity contribution in [2.45, 2.75) is 44.3 Å². The van der Waals surface area contributed by atoms with E-state index in [0.29, 0.717) is 12.1 Å². The molecular formula is C21H32N6O3S. The normalized spacial score (nSPS) is 16.5. The zero-order valence-electron chi connectivity index (χ0n) is 18.6. The van der Waals surface area contributed by atoms with Gasteiger partial charge in [-0.25, -0.2) is 13.1 Å². The Hall–Kier alpha value is -2.43. The van der Waals surface area contributed by atoms with Gasteiger partial charge in [-0.15, -0.1) is 0 Å². The van der Waals surface area contributed by atoms with Crippen molar-refractivity contribution in [3.05, 3.63) is 47.9 Å². The molecule has 1 aromatic carbocycles. The van der Waals surface area contributed by atoms with E-state index in [1.54, 1.807) is 25.4 Å². The maximum atomic E-state index is 12.9. The fourth-order valence-electron chi connectivity index (χ4n) is 3.54. The minimum absolute atomic E-state index is 0.283. The van der Waals surface area contributed by atoms with Crippen molar-refractivity contribution in [1.82, 2.24) is 25.0 Å². The van der Waals surface area contributed by atoms with Crippen LogP contribution < -0.4 is 10.0 Å². The SMILES string of the molecule is CN=C(NCc1ccccc1S(=O)(=O)NC(C)(C)C)N1CCN(Cc2ccon2)CC1. The number of aliphatic imine (C=N–C) groups is 1. The van der Waals surface area contributed by atoms with Crippen LogP contribution in [0.4, 0.5) is 0 Å². The van der Waals surface area contributed by atoms with Gasteiger partial charge in [-0.2, -0.15) is 0 Å². The summed E-state index contributed by atoms with van der Waals surface area (Å²) < 4.78 is 33.3. The highest BCUT2D eigenvalue weighted by molar-refractivity contribution is 7.89.